The summed E-state index contributed by atoms with van der Waals surface area (Å²) >= 11 is 0. The molecule has 0 bridgehead atoms. The molecule has 1 atom stereocenters. The van der Waals surface area contributed by atoms with E-state index in [9.17, 15) is 14.9 Å². The minimum atomic E-state index is -0.512. The summed E-state index contributed by atoms with van der Waals surface area (Å²) in [5, 5.41) is 10.9. The van der Waals surface area contributed by atoms with Gasteiger partial charge >= 0.3 is 0 Å². The number of amides is 1. The molecule has 0 aromatic carbocycles. The second kappa shape index (κ2) is 5.70. The molecule has 1 unspecified atom stereocenters. The van der Waals surface area contributed by atoms with Gasteiger partial charge < -0.3 is 16.1 Å². The van der Waals surface area contributed by atoms with Crippen molar-refractivity contribution in [2.24, 2.45) is 17.5 Å². The molecule has 1 aliphatic rings. The Balaban J connectivity index is 2.29. The summed E-state index contributed by atoms with van der Waals surface area (Å²) in [7, 11) is 0. The quantitative estimate of drug-likeness (QED) is 0.399. The molecule has 1 aromatic rings. The predicted molar refractivity (Wildman–Crippen MR) is 72.8 cm³/mol. The molecule has 1 aromatic heterocycles. The smallest absolute Gasteiger partial charge is 0.276 e. The van der Waals surface area contributed by atoms with E-state index in [-0.39, 0.29) is 23.3 Å². The van der Waals surface area contributed by atoms with Crippen LogP contribution in [0.4, 0.5) is 17.3 Å². The van der Waals surface area contributed by atoms with Gasteiger partial charge in [0.1, 0.15) is 11.6 Å². The van der Waals surface area contributed by atoms with Crippen molar-refractivity contribution in [3.05, 3.63) is 22.2 Å². The van der Waals surface area contributed by atoms with E-state index in [2.05, 4.69) is 10.4 Å². The van der Waals surface area contributed by atoms with Crippen LogP contribution in [0.3, 0.4) is 0 Å². The summed E-state index contributed by atoms with van der Waals surface area (Å²) in [6, 6.07) is 2.61. The maximum absolute atomic E-state index is 11.3. The first-order chi connectivity index (χ1) is 9.51. The van der Waals surface area contributed by atoms with Gasteiger partial charge in [0.25, 0.3) is 5.69 Å². The Bertz CT molecular complexity index is 535. The molecule has 0 spiro atoms. The number of hydrogen-bond donors (Lipinski definition) is 3. The third kappa shape index (κ3) is 2.94. The molecular weight excluding hydrogens is 264 g/mol. The van der Waals surface area contributed by atoms with E-state index in [0.29, 0.717) is 18.9 Å². The summed E-state index contributed by atoms with van der Waals surface area (Å²) in [6.45, 7) is 1.08. The number of nitrogens with zero attached hydrogens (tertiary/aromatic N) is 3. The topological polar surface area (TPSA) is 140 Å². The highest BCUT2D eigenvalue weighted by molar-refractivity contribution is 5.77. The van der Waals surface area contributed by atoms with E-state index in [4.69, 9.17) is 11.6 Å². The summed E-state index contributed by atoms with van der Waals surface area (Å²) in [5.41, 5.74) is 7.51. The van der Waals surface area contributed by atoms with E-state index in [1.54, 1.807) is 0 Å². The summed E-state index contributed by atoms with van der Waals surface area (Å²) in [5.74, 6) is 5.26. The fourth-order valence-electron chi connectivity index (χ4n) is 2.26. The van der Waals surface area contributed by atoms with Gasteiger partial charge in [0.2, 0.25) is 5.91 Å². The Morgan fingerprint density at radius 1 is 1.55 bits per heavy atom. The van der Waals surface area contributed by atoms with Gasteiger partial charge in [0.05, 0.1) is 23.0 Å². The lowest BCUT2D eigenvalue weighted by molar-refractivity contribution is -0.384. The molecule has 0 radical (unpaired) electrons. The fourth-order valence-corrected chi connectivity index (χ4v) is 2.26. The van der Waals surface area contributed by atoms with Crippen molar-refractivity contribution >= 4 is 23.2 Å². The number of rotatable bonds is 4. The lowest BCUT2D eigenvalue weighted by atomic mass is 9.97. The van der Waals surface area contributed by atoms with Crippen LogP contribution in [0.1, 0.15) is 12.8 Å². The lowest BCUT2D eigenvalue weighted by Crippen LogP contribution is -2.41. The summed E-state index contributed by atoms with van der Waals surface area (Å²) < 4.78 is 0. The number of piperidine rings is 1. The number of nitrogens with one attached hydrogen (secondary N) is 1. The zero-order chi connectivity index (χ0) is 14.7. The van der Waals surface area contributed by atoms with Crippen LogP contribution >= 0.6 is 0 Å². The molecule has 1 amide bonds. The van der Waals surface area contributed by atoms with Crippen LogP contribution in [0.15, 0.2) is 12.1 Å². The molecule has 1 fully saturated rings. The highest BCUT2D eigenvalue weighted by atomic mass is 16.6. The number of aromatic nitrogens is 1. The van der Waals surface area contributed by atoms with Gasteiger partial charge in [-0.15, -0.1) is 0 Å². The normalized spacial score (nSPS) is 18.6. The number of nitro groups is 1. The molecule has 9 heteroatoms. The number of primary amides is 1. The van der Waals surface area contributed by atoms with Crippen LogP contribution in [0.25, 0.3) is 0 Å². The lowest BCUT2D eigenvalue weighted by Gasteiger charge is -2.32. The largest absolute Gasteiger partial charge is 0.369 e. The number of carbonyl (C=O) groups excluding carboxylic acids is 1. The SMILES string of the molecule is NNc1cc([N+](=O)[O-])cc(N2CCCC(C(N)=O)C2)n1. The van der Waals surface area contributed by atoms with Crippen LogP contribution in [-0.2, 0) is 4.79 Å². The molecule has 5 N–H and O–H groups in total. The molecule has 2 heterocycles. The van der Waals surface area contributed by atoms with E-state index < -0.39 is 4.92 Å². The average molecular weight is 280 g/mol. The van der Waals surface area contributed by atoms with Crippen LogP contribution in [0.5, 0.6) is 0 Å². The minimum Gasteiger partial charge on any atom is -0.369 e. The highest BCUT2D eigenvalue weighted by Crippen LogP contribution is 2.26. The Labute approximate surface area is 115 Å². The Kier molecular flexibility index (Phi) is 3.99. The minimum absolute atomic E-state index is 0.107. The van der Waals surface area contributed by atoms with E-state index in [0.717, 1.165) is 12.8 Å². The molecule has 1 saturated heterocycles. The molecular formula is C11H16N6O3. The first kappa shape index (κ1) is 14.0. The van der Waals surface area contributed by atoms with Gasteiger partial charge in [0, 0.05) is 13.1 Å². The van der Waals surface area contributed by atoms with Crippen molar-refractivity contribution < 1.29 is 9.72 Å². The third-order valence-corrected chi connectivity index (χ3v) is 3.30. The molecule has 1 aliphatic heterocycles. The first-order valence-electron chi connectivity index (χ1n) is 6.18. The second-order valence-electron chi connectivity index (χ2n) is 4.66. The van der Waals surface area contributed by atoms with Crippen molar-refractivity contribution in [1.82, 2.24) is 4.98 Å². The second-order valence-corrected chi connectivity index (χ2v) is 4.66. The van der Waals surface area contributed by atoms with Crippen molar-refractivity contribution in [3.63, 3.8) is 0 Å². The molecule has 2 rings (SSSR count). The Morgan fingerprint density at radius 3 is 2.90 bits per heavy atom. The van der Waals surface area contributed by atoms with Crippen molar-refractivity contribution in [2.75, 3.05) is 23.4 Å². The molecule has 108 valence electrons. The monoisotopic (exact) mass is 280 g/mol. The number of nitrogens with two attached hydrogens (primary N) is 2. The van der Waals surface area contributed by atoms with Crippen molar-refractivity contribution in [1.29, 1.82) is 0 Å². The molecule has 0 saturated carbocycles. The van der Waals surface area contributed by atoms with E-state index in [1.807, 2.05) is 4.90 Å². The van der Waals surface area contributed by atoms with E-state index in [1.165, 1.54) is 12.1 Å². The Morgan fingerprint density at radius 2 is 2.30 bits per heavy atom. The number of hydrazine groups is 1. The number of hydrogen-bond acceptors (Lipinski definition) is 7. The first-order valence-corrected chi connectivity index (χ1v) is 6.18. The van der Waals surface area contributed by atoms with Crippen molar-refractivity contribution in [3.8, 4) is 0 Å². The summed E-state index contributed by atoms with van der Waals surface area (Å²) in [4.78, 5) is 27.6. The van der Waals surface area contributed by atoms with Gasteiger partial charge in [0.15, 0.2) is 0 Å². The van der Waals surface area contributed by atoms with Crippen LogP contribution in [0, 0.1) is 16.0 Å². The number of anilines is 2. The highest BCUT2D eigenvalue weighted by Gasteiger charge is 2.26. The maximum atomic E-state index is 11.3. The van der Waals surface area contributed by atoms with Crippen LogP contribution in [0.2, 0.25) is 0 Å². The number of carbonyl (C=O) groups is 1. The molecule has 20 heavy (non-hydrogen) atoms. The average Bonchev–Trinajstić information content (AvgIpc) is 2.46. The van der Waals surface area contributed by atoms with Crippen molar-refractivity contribution in [2.45, 2.75) is 12.8 Å². The van der Waals surface area contributed by atoms with Gasteiger partial charge in [-0.25, -0.2) is 10.8 Å². The van der Waals surface area contributed by atoms with Crippen LogP contribution < -0.4 is 21.9 Å². The summed E-state index contributed by atoms with van der Waals surface area (Å²) in [6.07, 6.45) is 1.51. The maximum Gasteiger partial charge on any atom is 0.276 e. The van der Waals surface area contributed by atoms with Gasteiger partial charge in [-0.1, -0.05) is 0 Å². The van der Waals surface area contributed by atoms with Crippen LogP contribution in [-0.4, -0.2) is 28.9 Å². The fraction of sp³-hybridized carbons (Fsp3) is 0.455. The standard InChI is InChI=1S/C11H16N6O3/c12-11(18)7-2-1-3-16(6-7)10-5-8(17(19)20)4-9(14-10)15-13/h4-5,7H,1-3,6,13H2,(H2,12,18)(H,14,15). The number of pyridine rings is 1. The molecule has 9 nitrogen and oxygen atoms in total. The number of nitrogen functional groups attached to an aromatic ring is 1. The third-order valence-electron chi connectivity index (χ3n) is 3.30. The zero-order valence-corrected chi connectivity index (χ0v) is 10.8. The molecule has 0 aliphatic carbocycles. The predicted octanol–water partition coefficient (Wildman–Crippen LogP) is -0.0229. The van der Waals surface area contributed by atoms with Gasteiger partial charge in [-0.05, 0) is 12.8 Å². The van der Waals surface area contributed by atoms with Gasteiger partial charge in [-0.2, -0.15) is 0 Å². The van der Waals surface area contributed by atoms with E-state index >= 15 is 0 Å². The Hall–Kier alpha value is -2.42. The van der Waals surface area contributed by atoms with Gasteiger partial charge in [-0.3, -0.25) is 14.9 Å². The zero-order valence-electron chi connectivity index (χ0n) is 10.8.